The molecule has 1 amide bonds. The van der Waals surface area contributed by atoms with Crippen molar-refractivity contribution >= 4 is 27.5 Å². The van der Waals surface area contributed by atoms with Gasteiger partial charge in [0.25, 0.3) is 0 Å². The van der Waals surface area contributed by atoms with Gasteiger partial charge in [0.1, 0.15) is 6.54 Å². The minimum absolute atomic E-state index is 0.114. The first kappa shape index (κ1) is 14.7. The van der Waals surface area contributed by atoms with Crippen molar-refractivity contribution < 1.29 is 4.79 Å². The molecule has 0 aliphatic rings. The first-order valence-corrected chi connectivity index (χ1v) is 7.09. The number of rotatable bonds is 4. The molecule has 1 heterocycles. The molecule has 0 atom stereocenters. The van der Waals surface area contributed by atoms with Crippen LogP contribution in [0.15, 0.2) is 28.7 Å². The predicted molar refractivity (Wildman–Crippen MR) is 82.4 cm³/mol. The summed E-state index contributed by atoms with van der Waals surface area (Å²) in [4.78, 5) is 12.0. The lowest BCUT2D eigenvalue weighted by Gasteiger charge is -2.07. The van der Waals surface area contributed by atoms with Crippen LogP contribution in [0, 0.1) is 13.8 Å². The summed E-state index contributed by atoms with van der Waals surface area (Å²) in [6, 6.07) is 7.47. The number of benzene rings is 1. The van der Waals surface area contributed by atoms with Crippen LogP contribution >= 0.6 is 15.9 Å². The minimum Gasteiger partial charge on any atom is -0.326 e. The zero-order valence-corrected chi connectivity index (χ0v) is 13.1. The first-order valence-electron chi connectivity index (χ1n) is 6.29. The number of aromatic nitrogens is 2. The molecule has 106 valence electrons. The van der Waals surface area contributed by atoms with Gasteiger partial charge >= 0.3 is 0 Å². The Kier molecular flexibility index (Phi) is 4.57. The van der Waals surface area contributed by atoms with Crippen LogP contribution in [-0.2, 0) is 17.9 Å². The Hall–Kier alpha value is -1.66. The second-order valence-electron chi connectivity index (χ2n) is 4.57. The molecule has 0 aliphatic heterocycles. The third-order valence-corrected chi connectivity index (χ3v) is 3.63. The summed E-state index contributed by atoms with van der Waals surface area (Å²) < 4.78 is 2.61. The first-order chi connectivity index (χ1) is 9.51. The number of nitrogens with two attached hydrogens (primary N) is 1. The summed E-state index contributed by atoms with van der Waals surface area (Å²) in [7, 11) is 0. The second-order valence-corrected chi connectivity index (χ2v) is 5.49. The molecule has 20 heavy (non-hydrogen) atoms. The number of carbonyl (C=O) groups is 1. The van der Waals surface area contributed by atoms with E-state index in [0.717, 1.165) is 27.1 Å². The Morgan fingerprint density at radius 1 is 1.45 bits per heavy atom. The van der Waals surface area contributed by atoms with Gasteiger partial charge in [-0.3, -0.25) is 9.48 Å². The maximum absolute atomic E-state index is 12.0. The van der Waals surface area contributed by atoms with Gasteiger partial charge in [-0.25, -0.2) is 0 Å². The third kappa shape index (κ3) is 3.26. The molecule has 1 aromatic heterocycles. The van der Waals surface area contributed by atoms with Crippen molar-refractivity contribution in [2.45, 2.75) is 26.9 Å². The van der Waals surface area contributed by atoms with E-state index in [1.165, 1.54) is 0 Å². The zero-order chi connectivity index (χ0) is 14.7. The molecule has 0 aliphatic carbocycles. The van der Waals surface area contributed by atoms with Crippen molar-refractivity contribution in [1.29, 1.82) is 0 Å². The van der Waals surface area contributed by atoms with Gasteiger partial charge in [-0.1, -0.05) is 22.0 Å². The van der Waals surface area contributed by atoms with Gasteiger partial charge in [0.05, 0.1) is 5.69 Å². The molecule has 2 rings (SSSR count). The summed E-state index contributed by atoms with van der Waals surface area (Å²) in [6.07, 6.45) is 0. The number of hydrogen-bond donors (Lipinski definition) is 2. The fourth-order valence-corrected chi connectivity index (χ4v) is 2.49. The molecule has 0 fully saturated rings. The van der Waals surface area contributed by atoms with Gasteiger partial charge in [-0.15, -0.1) is 0 Å². The second kappa shape index (κ2) is 6.19. The van der Waals surface area contributed by atoms with Crippen LogP contribution in [0.1, 0.15) is 17.0 Å². The number of nitrogens with zero attached hydrogens (tertiary/aromatic N) is 2. The standard InChI is InChI=1S/C14H17BrN4O/c1-9-13(7-16)10(2)19(18-9)8-14(20)17-12-5-3-4-11(15)6-12/h3-6H,7-8,16H2,1-2H3,(H,17,20). The molecule has 5 nitrogen and oxygen atoms in total. The summed E-state index contributed by atoms with van der Waals surface area (Å²) in [5, 5.41) is 7.19. The van der Waals surface area contributed by atoms with E-state index in [1.54, 1.807) is 4.68 Å². The van der Waals surface area contributed by atoms with E-state index in [4.69, 9.17) is 5.73 Å². The molecule has 0 saturated carbocycles. The number of amides is 1. The van der Waals surface area contributed by atoms with Gasteiger partial charge < -0.3 is 11.1 Å². The average Bonchev–Trinajstić information content (AvgIpc) is 2.63. The van der Waals surface area contributed by atoms with E-state index in [1.807, 2.05) is 38.1 Å². The molecule has 1 aromatic carbocycles. The SMILES string of the molecule is Cc1nn(CC(=O)Nc2cccc(Br)c2)c(C)c1CN. The highest BCUT2D eigenvalue weighted by Crippen LogP contribution is 2.16. The summed E-state index contributed by atoms with van der Waals surface area (Å²) in [5.41, 5.74) is 9.25. The number of anilines is 1. The van der Waals surface area contributed by atoms with Crippen molar-refractivity contribution in [2.75, 3.05) is 5.32 Å². The Morgan fingerprint density at radius 3 is 2.80 bits per heavy atom. The van der Waals surface area contributed by atoms with Crippen LogP contribution < -0.4 is 11.1 Å². The molecule has 0 unspecified atom stereocenters. The van der Waals surface area contributed by atoms with E-state index in [9.17, 15) is 4.79 Å². The highest BCUT2D eigenvalue weighted by molar-refractivity contribution is 9.10. The Balaban J connectivity index is 2.09. The summed E-state index contributed by atoms with van der Waals surface area (Å²) >= 11 is 3.37. The lowest BCUT2D eigenvalue weighted by Crippen LogP contribution is -2.20. The minimum atomic E-state index is -0.114. The molecule has 6 heteroatoms. The smallest absolute Gasteiger partial charge is 0.246 e. The van der Waals surface area contributed by atoms with Crippen LogP contribution in [-0.4, -0.2) is 15.7 Å². The van der Waals surface area contributed by atoms with Gasteiger partial charge in [-0.05, 0) is 32.0 Å². The molecular formula is C14H17BrN4O. The Morgan fingerprint density at radius 2 is 2.20 bits per heavy atom. The Bertz CT molecular complexity index is 636. The number of halogens is 1. The van der Waals surface area contributed by atoms with Crippen LogP contribution in [0.4, 0.5) is 5.69 Å². The number of aryl methyl sites for hydroxylation is 1. The number of nitrogens with one attached hydrogen (secondary N) is 1. The lowest BCUT2D eigenvalue weighted by atomic mass is 10.2. The molecule has 0 spiro atoms. The van der Waals surface area contributed by atoms with Gasteiger partial charge in [-0.2, -0.15) is 5.10 Å². The molecule has 0 radical (unpaired) electrons. The molecular weight excluding hydrogens is 320 g/mol. The normalized spacial score (nSPS) is 10.6. The highest BCUT2D eigenvalue weighted by Gasteiger charge is 2.12. The van der Waals surface area contributed by atoms with Gasteiger partial charge in [0.2, 0.25) is 5.91 Å². The third-order valence-electron chi connectivity index (χ3n) is 3.14. The maximum Gasteiger partial charge on any atom is 0.246 e. The molecule has 0 bridgehead atoms. The Labute approximate surface area is 126 Å². The number of carbonyl (C=O) groups excluding carboxylic acids is 1. The fourth-order valence-electron chi connectivity index (χ4n) is 2.09. The van der Waals surface area contributed by atoms with Crippen LogP contribution in [0.25, 0.3) is 0 Å². The van der Waals surface area contributed by atoms with E-state index in [-0.39, 0.29) is 12.5 Å². The largest absolute Gasteiger partial charge is 0.326 e. The highest BCUT2D eigenvalue weighted by atomic mass is 79.9. The average molecular weight is 337 g/mol. The zero-order valence-electron chi connectivity index (χ0n) is 11.5. The monoisotopic (exact) mass is 336 g/mol. The van der Waals surface area contributed by atoms with E-state index in [2.05, 4.69) is 26.3 Å². The van der Waals surface area contributed by atoms with Crippen LogP contribution in [0.3, 0.4) is 0 Å². The lowest BCUT2D eigenvalue weighted by molar-refractivity contribution is -0.116. The predicted octanol–water partition coefficient (Wildman–Crippen LogP) is 2.36. The van der Waals surface area contributed by atoms with Crippen molar-refractivity contribution in [3.63, 3.8) is 0 Å². The maximum atomic E-state index is 12.0. The summed E-state index contributed by atoms with van der Waals surface area (Å²) in [5.74, 6) is -0.114. The summed E-state index contributed by atoms with van der Waals surface area (Å²) in [6.45, 7) is 4.44. The molecule has 2 aromatic rings. The molecule has 0 saturated heterocycles. The number of hydrogen-bond acceptors (Lipinski definition) is 3. The van der Waals surface area contributed by atoms with Crippen molar-refractivity contribution in [3.8, 4) is 0 Å². The van der Waals surface area contributed by atoms with E-state index in [0.29, 0.717) is 6.54 Å². The fraction of sp³-hybridized carbons (Fsp3) is 0.286. The van der Waals surface area contributed by atoms with E-state index < -0.39 is 0 Å². The molecule has 3 N–H and O–H groups in total. The van der Waals surface area contributed by atoms with E-state index >= 15 is 0 Å². The van der Waals surface area contributed by atoms with Gasteiger partial charge in [0.15, 0.2) is 0 Å². The van der Waals surface area contributed by atoms with Crippen molar-refractivity contribution in [1.82, 2.24) is 9.78 Å². The van der Waals surface area contributed by atoms with Crippen LogP contribution in [0.2, 0.25) is 0 Å². The quantitative estimate of drug-likeness (QED) is 0.900. The van der Waals surface area contributed by atoms with Crippen molar-refractivity contribution in [2.24, 2.45) is 5.73 Å². The van der Waals surface area contributed by atoms with Crippen LogP contribution in [0.5, 0.6) is 0 Å². The van der Waals surface area contributed by atoms with Gasteiger partial charge in [0, 0.05) is 28.0 Å². The topological polar surface area (TPSA) is 72.9 Å². The van der Waals surface area contributed by atoms with Crippen molar-refractivity contribution in [3.05, 3.63) is 45.7 Å².